The average Bonchev–Trinajstić information content (AvgIpc) is 2.99. The molecule has 1 aliphatic heterocycles. The summed E-state index contributed by atoms with van der Waals surface area (Å²) in [5.74, 6) is 0.478. The minimum atomic E-state index is -0.629. The first-order valence-corrected chi connectivity index (χ1v) is 12.6. The van der Waals surface area contributed by atoms with Gasteiger partial charge in [0.25, 0.3) is 0 Å². The molecule has 0 spiro atoms. The Morgan fingerprint density at radius 2 is 1.66 bits per heavy atom. The predicted octanol–water partition coefficient (Wildman–Crippen LogP) is 5.62. The summed E-state index contributed by atoms with van der Waals surface area (Å²) >= 11 is 0. The van der Waals surface area contributed by atoms with Crippen molar-refractivity contribution in [2.75, 3.05) is 13.7 Å². The molecule has 0 saturated heterocycles. The van der Waals surface area contributed by atoms with Gasteiger partial charge in [-0.05, 0) is 42.0 Å². The van der Waals surface area contributed by atoms with E-state index in [1.165, 1.54) is 19.2 Å². The maximum absolute atomic E-state index is 13.9. The zero-order valence-electron chi connectivity index (χ0n) is 22.0. The van der Waals surface area contributed by atoms with Gasteiger partial charge in [-0.1, -0.05) is 48.5 Å². The molecule has 0 aromatic heterocycles. The summed E-state index contributed by atoms with van der Waals surface area (Å²) < 4.78 is 41.6. The number of para-hydroxylation sites is 2. The number of nitrogens with two attached hydrogens (primary N) is 1. The highest BCUT2D eigenvalue weighted by Gasteiger charge is 2.31. The second-order valence-corrected chi connectivity index (χ2v) is 8.99. The molecule has 206 valence electrons. The van der Waals surface area contributed by atoms with Gasteiger partial charge in [0.15, 0.2) is 18.1 Å². The lowest BCUT2D eigenvalue weighted by atomic mass is 9.83. The Bertz CT molecular complexity index is 1650. The van der Waals surface area contributed by atoms with Gasteiger partial charge in [-0.25, -0.2) is 9.18 Å². The third kappa shape index (κ3) is 6.07. The van der Waals surface area contributed by atoms with Crippen LogP contribution in [0.4, 0.5) is 4.39 Å². The number of allylic oxidation sites excluding steroid dienone is 1. The van der Waals surface area contributed by atoms with Crippen LogP contribution in [0.1, 0.15) is 22.6 Å². The average molecular weight is 553 g/mol. The van der Waals surface area contributed by atoms with Gasteiger partial charge in [0, 0.05) is 17.2 Å². The van der Waals surface area contributed by atoms with Crippen LogP contribution in [0.3, 0.4) is 0 Å². The van der Waals surface area contributed by atoms with Crippen LogP contribution in [0.25, 0.3) is 0 Å². The lowest BCUT2D eigenvalue weighted by molar-refractivity contribution is -0.136. The molecule has 1 heterocycles. The van der Waals surface area contributed by atoms with Crippen molar-refractivity contribution in [3.05, 3.63) is 125 Å². The molecule has 4 aromatic rings. The molecule has 5 rings (SSSR count). The normalized spacial score (nSPS) is 13.8. The van der Waals surface area contributed by atoms with Gasteiger partial charge in [-0.15, -0.1) is 0 Å². The van der Waals surface area contributed by atoms with Crippen LogP contribution < -0.4 is 29.4 Å². The van der Waals surface area contributed by atoms with E-state index < -0.39 is 11.9 Å². The fourth-order valence-electron chi connectivity index (χ4n) is 4.41. The lowest BCUT2D eigenvalue weighted by Crippen LogP contribution is -2.21. The Balaban J connectivity index is 1.31. The van der Waals surface area contributed by atoms with Crippen LogP contribution in [0, 0.1) is 17.1 Å². The topological polar surface area (TPSA) is 113 Å². The highest BCUT2D eigenvalue weighted by Crippen LogP contribution is 2.43. The molecule has 1 unspecified atom stereocenters. The van der Waals surface area contributed by atoms with Crippen LogP contribution in [0.15, 0.2) is 102 Å². The van der Waals surface area contributed by atoms with Crippen molar-refractivity contribution < 1.29 is 32.9 Å². The standard InChI is InChI=1S/C32H25FN2O6/c1-37-27-8-4-5-9-28(27)39-19-30(36)40-23-14-15-24-29(16-23)41-32(35)25(17-34)31(24)20-10-12-22(13-11-20)38-18-21-6-2-3-7-26(21)33/h2-16,31H,18-19,35H2,1H3. The number of halogens is 1. The molecule has 1 atom stereocenters. The summed E-state index contributed by atoms with van der Waals surface area (Å²) in [6.45, 7) is -0.263. The number of benzene rings is 4. The van der Waals surface area contributed by atoms with E-state index in [2.05, 4.69) is 6.07 Å². The van der Waals surface area contributed by atoms with Gasteiger partial charge in [-0.2, -0.15) is 5.26 Å². The van der Waals surface area contributed by atoms with Gasteiger partial charge in [0.1, 0.15) is 41.3 Å². The van der Waals surface area contributed by atoms with Crippen molar-refractivity contribution in [1.29, 1.82) is 5.26 Å². The molecule has 0 radical (unpaired) electrons. The summed E-state index contributed by atoms with van der Waals surface area (Å²) in [5, 5.41) is 9.85. The van der Waals surface area contributed by atoms with E-state index in [-0.39, 0.29) is 36.2 Å². The first-order valence-electron chi connectivity index (χ1n) is 12.6. The van der Waals surface area contributed by atoms with E-state index in [0.29, 0.717) is 34.1 Å². The van der Waals surface area contributed by atoms with Crippen molar-refractivity contribution >= 4 is 5.97 Å². The summed E-state index contributed by atoms with van der Waals surface area (Å²) in [5.41, 5.74) is 8.24. The fraction of sp³-hybridized carbons (Fsp3) is 0.125. The zero-order chi connectivity index (χ0) is 28.8. The van der Waals surface area contributed by atoms with Crippen LogP contribution in [0.5, 0.6) is 28.7 Å². The van der Waals surface area contributed by atoms with Crippen LogP contribution >= 0.6 is 0 Å². The number of hydrogen-bond acceptors (Lipinski definition) is 8. The van der Waals surface area contributed by atoms with Crippen LogP contribution in [-0.2, 0) is 11.4 Å². The Morgan fingerprint density at radius 1 is 0.951 bits per heavy atom. The third-order valence-electron chi connectivity index (χ3n) is 6.40. The molecule has 2 N–H and O–H groups in total. The van der Waals surface area contributed by atoms with Crippen molar-refractivity contribution in [3.8, 4) is 34.8 Å². The number of rotatable bonds is 9. The molecule has 0 amide bonds. The fourth-order valence-corrected chi connectivity index (χ4v) is 4.41. The summed E-state index contributed by atoms with van der Waals surface area (Å²) in [6.07, 6.45) is 0. The van der Waals surface area contributed by atoms with Gasteiger partial charge in [0.05, 0.1) is 13.0 Å². The highest BCUT2D eigenvalue weighted by atomic mass is 19.1. The highest BCUT2D eigenvalue weighted by molar-refractivity contribution is 5.74. The largest absolute Gasteiger partial charge is 0.493 e. The second kappa shape index (κ2) is 12.1. The maximum atomic E-state index is 13.9. The molecule has 0 bridgehead atoms. The third-order valence-corrected chi connectivity index (χ3v) is 6.40. The van der Waals surface area contributed by atoms with Crippen molar-refractivity contribution in [2.45, 2.75) is 12.5 Å². The van der Waals surface area contributed by atoms with Gasteiger partial charge >= 0.3 is 5.97 Å². The number of fused-ring (bicyclic) bond motifs is 1. The maximum Gasteiger partial charge on any atom is 0.349 e. The number of methoxy groups -OCH3 is 1. The van der Waals surface area contributed by atoms with Crippen molar-refractivity contribution in [3.63, 3.8) is 0 Å². The van der Waals surface area contributed by atoms with Crippen LogP contribution in [-0.4, -0.2) is 19.7 Å². The van der Waals surface area contributed by atoms with Gasteiger partial charge in [0.2, 0.25) is 5.88 Å². The quantitative estimate of drug-likeness (QED) is 0.210. The molecular weight excluding hydrogens is 527 g/mol. The molecule has 4 aromatic carbocycles. The first kappa shape index (κ1) is 27.1. The molecule has 8 nitrogen and oxygen atoms in total. The number of nitriles is 1. The molecule has 0 saturated carbocycles. The van der Waals surface area contributed by atoms with E-state index in [1.54, 1.807) is 66.7 Å². The predicted molar refractivity (Wildman–Crippen MR) is 147 cm³/mol. The number of esters is 1. The van der Waals surface area contributed by atoms with E-state index in [9.17, 15) is 14.4 Å². The lowest BCUT2D eigenvalue weighted by Gasteiger charge is -2.26. The summed E-state index contributed by atoms with van der Waals surface area (Å²) in [7, 11) is 1.51. The molecular formula is C32H25FN2O6. The second-order valence-electron chi connectivity index (χ2n) is 8.99. The van der Waals surface area contributed by atoms with Crippen molar-refractivity contribution in [1.82, 2.24) is 0 Å². The monoisotopic (exact) mass is 552 g/mol. The van der Waals surface area contributed by atoms with E-state index in [1.807, 2.05) is 12.1 Å². The SMILES string of the molecule is COc1ccccc1OCC(=O)Oc1ccc2c(c1)OC(N)=C(C#N)C2c1ccc(OCc2ccccc2F)cc1. The Kier molecular flexibility index (Phi) is 8.02. The number of ether oxygens (including phenoxy) is 5. The molecule has 0 aliphatic carbocycles. The number of hydrogen-bond donors (Lipinski definition) is 1. The minimum Gasteiger partial charge on any atom is -0.493 e. The molecule has 1 aliphatic rings. The van der Waals surface area contributed by atoms with E-state index >= 15 is 0 Å². The van der Waals surface area contributed by atoms with Gasteiger partial charge in [-0.3, -0.25) is 0 Å². The van der Waals surface area contributed by atoms with E-state index in [4.69, 9.17) is 29.4 Å². The van der Waals surface area contributed by atoms with Crippen LogP contribution in [0.2, 0.25) is 0 Å². The number of carbonyl (C=O) groups excluding carboxylic acids is 1. The first-order chi connectivity index (χ1) is 20.0. The molecule has 41 heavy (non-hydrogen) atoms. The number of carbonyl (C=O) groups is 1. The summed E-state index contributed by atoms with van der Waals surface area (Å²) in [6, 6.07) is 27.5. The molecule has 9 heteroatoms. The minimum absolute atomic E-state index is 0.0483. The van der Waals surface area contributed by atoms with Crippen molar-refractivity contribution in [2.24, 2.45) is 5.73 Å². The number of nitrogens with zero attached hydrogens (tertiary/aromatic N) is 1. The van der Waals surface area contributed by atoms with Gasteiger partial charge < -0.3 is 29.4 Å². The zero-order valence-corrected chi connectivity index (χ0v) is 22.0. The Hall–Kier alpha value is -5.49. The van der Waals surface area contributed by atoms with E-state index in [0.717, 1.165) is 5.56 Å². The Morgan fingerprint density at radius 3 is 2.39 bits per heavy atom. The Labute approximate surface area is 235 Å². The molecule has 0 fully saturated rings. The smallest absolute Gasteiger partial charge is 0.349 e. The summed E-state index contributed by atoms with van der Waals surface area (Å²) in [4.78, 5) is 12.5.